The van der Waals surface area contributed by atoms with Crippen molar-refractivity contribution in [1.82, 2.24) is 19.5 Å². The van der Waals surface area contributed by atoms with Crippen molar-refractivity contribution in [2.75, 3.05) is 0 Å². The van der Waals surface area contributed by atoms with Gasteiger partial charge >= 0.3 is 0 Å². The van der Waals surface area contributed by atoms with E-state index >= 15 is 0 Å². The Bertz CT molecular complexity index is 2860. The van der Waals surface area contributed by atoms with Gasteiger partial charge in [0.25, 0.3) is 0 Å². The minimum atomic E-state index is 0.556. The summed E-state index contributed by atoms with van der Waals surface area (Å²) >= 11 is 0. The molecular formula is C45H28N4O. The molecule has 0 aliphatic rings. The Morgan fingerprint density at radius 3 is 1.82 bits per heavy atom. The number of nitrogens with zero attached hydrogens (tertiary/aromatic N) is 4. The molecule has 0 saturated heterocycles. The zero-order valence-electron chi connectivity index (χ0n) is 26.9. The van der Waals surface area contributed by atoms with E-state index in [1.165, 1.54) is 0 Å². The van der Waals surface area contributed by atoms with Gasteiger partial charge in [0.05, 0.1) is 11.0 Å². The van der Waals surface area contributed by atoms with Crippen LogP contribution in [0.25, 0.3) is 94.7 Å². The van der Waals surface area contributed by atoms with Gasteiger partial charge in [-0.05, 0) is 34.9 Å². The monoisotopic (exact) mass is 640 g/mol. The second-order valence-corrected chi connectivity index (χ2v) is 12.4. The van der Waals surface area contributed by atoms with Crippen molar-refractivity contribution >= 4 is 43.7 Å². The smallest absolute Gasteiger partial charge is 0.238 e. The summed E-state index contributed by atoms with van der Waals surface area (Å²) in [6.07, 6.45) is 0. The Hall–Kier alpha value is -6.85. The molecular weight excluding hydrogens is 613 g/mol. The number of benzene rings is 7. The minimum absolute atomic E-state index is 0.556. The first-order chi connectivity index (χ1) is 24.8. The van der Waals surface area contributed by atoms with Crippen LogP contribution in [0, 0.1) is 0 Å². The van der Waals surface area contributed by atoms with Gasteiger partial charge < -0.3 is 4.42 Å². The summed E-state index contributed by atoms with van der Waals surface area (Å²) in [4.78, 5) is 15.6. The van der Waals surface area contributed by atoms with Gasteiger partial charge in [-0.1, -0.05) is 152 Å². The molecule has 0 bridgehead atoms. The summed E-state index contributed by atoms with van der Waals surface area (Å²) in [6.45, 7) is 0. The molecule has 0 aliphatic heterocycles. The highest BCUT2D eigenvalue weighted by Crippen LogP contribution is 2.41. The zero-order valence-corrected chi connectivity index (χ0v) is 26.9. The number of para-hydroxylation sites is 2. The quantitative estimate of drug-likeness (QED) is 0.188. The van der Waals surface area contributed by atoms with Crippen LogP contribution >= 0.6 is 0 Å². The molecule has 5 nitrogen and oxygen atoms in total. The average Bonchev–Trinajstić information content (AvgIpc) is 3.74. The van der Waals surface area contributed by atoms with E-state index in [1.807, 2.05) is 54.6 Å². The van der Waals surface area contributed by atoms with Crippen LogP contribution in [0.15, 0.2) is 174 Å². The maximum atomic E-state index is 6.61. The molecule has 0 aliphatic carbocycles. The van der Waals surface area contributed by atoms with Crippen molar-refractivity contribution in [3.63, 3.8) is 0 Å². The van der Waals surface area contributed by atoms with Crippen LogP contribution in [0.1, 0.15) is 0 Å². The maximum absolute atomic E-state index is 6.61. The fourth-order valence-corrected chi connectivity index (χ4v) is 7.18. The Kier molecular flexibility index (Phi) is 6.42. The highest BCUT2D eigenvalue weighted by atomic mass is 16.3. The predicted octanol–water partition coefficient (Wildman–Crippen LogP) is 11.5. The van der Waals surface area contributed by atoms with Crippen LogP contribution in [0.4, 0.5) is 0 Å². The standard InChI is InChI=1S/C45H28N4O/c1-4-14-29(15-5-1)32-26-27-35-34-20-10-11-24-38(34)49(39(35)28-32)45-47-43(31-18-8-3-9-19-31)46-44(48-45)37-23-13-25-40-41(37)36-22-12-21-33(42(36)50-40)30-16-6-2-7-17-30/h1-28H. The molecule has 0 radical (unpaired) electrons. The number of hydrogen-bond acceptors (Lipinski definition) is 4. The van der Waals surface area contributed by atoms with Gasteiger partial charge in [0, 0.05) is 38.2 Å². The molecule has 0 fully saturated rings. The lowest BCUT2D eigenvalue weighted by atomic mass is 10.0. The lowest BCUT2D eigenvalue weighted by Gasteiger charge is -2.12. The van der Waals surface area contributed by atoms with Crippen LogP contribution in [-0.2, 0) is 0 Å². The summed E-state index contributed by atoms with van der Waals surface area (Å²) in [7, 11) is 0. The summed E-state index contributed by atoms with van der Waals surface area (Å²) in [5, 5.41) is 4.27. The third-order valence-corrected chi connectivity index (χ3v) is 9.48. The maximum Gasteiger partial charge on any atom is 0.238 e. The SMILES string of the molecule is c1ccc(-c2ccc3c4ccccc4n(-c4nc(-c5ccccc5)nc(-c5cccc6oc7c(-c8ccccc8)cccc7c56)n4)c3c2)cc1. The zero-order chi connectivity index (χ0) is 33.0. The van der Waals surface area contributed by atoms with Crippen LogP contribution in [0.2, 0.25) is 0 Å². The summed E-state index contributed by atoms with van der Waals surface area (Å²) < 4.78 is 8.79. The molecule has 3 aromatic heterocycles. The van der Waals surface area contributed by atoms with Crippen molar-refractivity contribution < 1.29 is 4.42 Å². The van der Waals surface area contributed by atoms with Gasteiger partial charge in [0.15, 0.2) is 11.6 Å². The van der Waals surface area contributed by atoms with Crippen molar-refractivity contribution in [3.05, 3.63) is 170 Å². The van der Waals surface area contributed by atoms with E-state index in [0.29, 0.717) is 17.6 Å². The van der Waals surface area contributed by atoms with E-state index in [-0.39, 0.29) is 0 Å². The minimum Gasteiger partial charge on any atom is -0.455 e. The van der Waals surface area contributed by atoms with Crippen LogP contribution < -0.4 is 0 Å². The second-order valence-electron chi connectivity index (χ2n) is 12.4. The van der Waals surface area contributed by atoms with Gasteiger partial charge in [-0.2, -0.15) is 9.97 Å². The second kappa shape index (κ2) is 11.4. The van der Waals surface area contributed by atoms with Crippen LogP contribution in [-0.4, -0.2) is 19.5 Å². The molecule has 234 valence electrons. The molecule has 7 aromatic carbocycles. The van der Waals surface area contributed by atoms with E-state index in [4.69, 9.17) is 19.4 Å². The molecule has 0 unspecified atom stereocenters. The van der Waals surface area contributed by atoms with Crippen molar-refractivity contribution in [3.8, 4) is 51.0 Å². The molecule has 50 heavy (non-hydrogen) atoms. The number of furan rings is 1. The first-order valence-electron chi connectivity index (χ1n) is 16.7. The molecule has 5 heteroatoms. The number of rotatable bonds is 5. The molecule has 0 saturated carbocycles. The van der Waals surface area contributed by atoms with E-state index in [2.05, 4.69) is 120 Å². The van der Waals surface area contributed by atoms with Gasteiger partial charge in [0.2, 0.25) is 5.95 Å². The number of aromatic nitrogens is 4. The predicted molar refractivity (Wildman–Crippen MR) is 203 cm³/mol. The van der Waals surface area contributed by atoms with E-state index in [9.17, 15) is 0 Å². The third-order valence-electron chi connectivity index (χ3n) is 9.48. The van der Waals surface area contributed by atoms with E-state index < -0.39 is 0 Å². The Balaban J connectivity index is 1.26. The Morgan fingerprint density at radius 1 is 0.400 bits per heavy atom. The Morgan fingerprint density at radius 2 is 1.02 bits per heavy atom. The largest absolute Gasteiger partial charge is 0.455 e. The third kappa shape index (κ3) is 4.52. The molecule has 10 aromatic rings. The van der Waals surface area contributed by atoms with Crippen molar-refractivity contribution in [2.45, 2.75) is 0 Å². The first-order valence-corrected chi connectivity index (χ1v) is 16.7. The lowest BCUT2D eigenvalue weighted by Crippen LogP contribution is -2.06. The average molecular weight is 641 g/mol. The molecule has 3 heterocycles. The van der Waals surface area contributed by atoms with Gasteiger partial charge in [-0.3, -0.25) is 4.57 Å². The highest BCUT2D eigenvalue weighted by Gasteiger charge is 2.21. The van der Waals surface area contributed by atoms with Crippen molar-refractivity contribution in [2.24, 2.45) is 0 Å². The number of fused-ring (bicyclic) bond motifs is 6. The fourth-order valence-electron chi connectivity index (χ4n) is 7.18. The molecule has 0 N–H and O–H groups in total. The first kappa shape index (κ1) is 28.2. The van der Waals surface area contributed by atoms with Gasteiger partial charge in [-0.25, -0.2) is 4.98 Å². The normalized spacial score (nSPS) is 11.6. The van der Waals surface area contributed by atoms with Crippen LogP contribution in [0.3, 0.4) is 0 Å². The van der Waals surface area contributed by atoms with Gasteiger partial charge in [-0.15, -0.1) is 0 Å². The Labute approximate surface area is 287 Å². The molecule has 0 atom stereocenters. The molecule has 0 amide bonds. The lowest BCUT2D eigenvalue weighted by molar-refractivity contribution is 0.670. The van der Waals surface area contributed by atoms with E-state index in [0.717, 1.165) is 77.1 Å². The summed E-state index contributed by atoms with van der Waals surface area (Å²) in [5.41, 5.74) is 9.93. The molecule has 0 spiro atoms. The summed E-state index contributed by atoms with van der Waals surface area (Å²) in [5.74, 6) is 1.74. The van der Waals surface area contributed by atoms with Crippen LogP contribution in [0.5, 0.6) is 0 Å². The number of hydrogen-bond donors (Lipinski definition) is 0. The van der Waals surface area contributed by atoms with Crippen molar-refractivity contribution in [1.29, 1.82) is 0 Å². The molecule has 10 rings (SSSR count). The fraction of sp³-hybridized carbons (Fsp3) is 0. The van der Waals surface area contributed by atoms with E-state index in [1.54, 1.807) is 0 Å². The summed E-state index contributed by atoms with van der Waals surface area (Å²) in [6, 6.07) is 58.5. The highest BCUT2D eigenvalue weighted by molar-refractivity contribution is 6.15. The topological polar surface area (TPSA) is 56.7 Å². The van der Waals surface area contributed by atoms with Gasteiger partial charge in [0.1, 0.15) is 11.2 Å².